The number of esters is 1. The van der Waals surface area contributed by atoms with Gasteiger partial charge in [0.2, 0.25) is 9.84 Å². The largest absolute Gasteiger partial charge is 0.497 e. The molecule has 2 N–H and O–H groups in total. The maximum Gasteiger partial charge on any atom is 0.328 e. The Morgan fingerprint density at radius 2 is 2.00 bits per heavy atom. The first-order valence-corrected chi connectivity index (χ1v) is 6.88. The van der Waals surface area contributed by atoms with E-state index in [1.807, 2.05) is 0 Å². The lowest BCUT2D eigenvalue weighted by Gasteiger charge is -2.10. The van der Waals surface area contributed by atoms with Crippen molar-refractivity contribution in [2.75, 3.05) is 14.2 Å². The number of fused-ring (bicyclic) bond motifs is 1. The lowest BCUT2D eigenvalue weighted by atomic mass is 10.1. The summed E-state index contributed by atoms with van der Waals surface area (Å²) in [7, 11) is -1.18. The average molecular weight is 283 g/mol. The van der Waals surface area contributed by atoms with Crippen molar-refractivity contribution in [3.63, 3.8) is 0 Å². The van der Waals surface area contributed by atoms with Crippen LogP contribution in [0.5, 0.6) is 5.75 Å². The highest BCUT2D eigenvalue weighted by atomic mass is 32.2. The Hall–Kier alpha value is -1.86. The SMILES string of the molecule is COC(=O)C(N)C1=Cc2ccc(OC)cc2S1(=O)=O. The van der Waals surface area contributed by atoms with E-state index in [2.05, 4.69) is 4.74 Å². The predicted molar refractivity (Wildman–Crippen MR) is 68.1 cm³/mol. The van der Waals surface area contributed by atoms with Gasteiger partial charge in [0.05, 0.1) is 24.0 Å². The average Bonchev–Trinajstić information content (AvgIpc) is 2.68. The van der Waals surface area contributed by atoms with E-state index in [0.717, 1.165) is 7.11 Å². The van der Waals surface area contributed by atoms with Crippen molar-refractivity contribution in [2.45, 2.75) is 10.9 Å². The van der Waals surface area contributed by atoms with E-state index in [0.29, 0.717) is 11.3 Å². The van der Waals surface area contributed by atoms with Crippen LogP contribution in [0, 0.1) is 0 Å². The summed E-state index contributed by atoms with van der Waals surface area (Å²) in [4.78, 5) is 11.3. The summed E-state index contributed by atoms with van der Waals surface area (Å²) in [6.07, 6.45) is 1.38. The van der Waals surface area contributed by atoms with Crippen LogP contribution in [0.25, 0.3) is 6.08 Å². The van der Waals surface area contributed by atoms with E-state index in [9.17, 15) is 13.2 Å². The fourth-order valence-corrected chi connectivity index (χ4v) is 3.53. The van der Waals surface area contributed by atoms with Crippen molar-refractivity contribution >= 4 is 21.9 Å². The van der Waals surface area contributed by atoms with Gasteiger partial charge in [0.1, 0.15) is 11.8 Å². The van der Waals surface area contributed by atoms with Crippen molar-refractivity contribution in [3.8, 4) is 5.75 Å². The maximum absolute atomic E-state index is 12.3. The first-order valence-electron chi connectivity index (χ1n) is 5.40. The Labute approximate surface area is 110 Å². The van der Waals surface area contributed by atoms with Gasteiger partial charge in [0.15, 0.2) is 0 Å². The quantitative estimate of drug-likeness (QED) is 0.803. The van der Waals surface area contributed by atoms with Gasteiger partial charge in [0.25, 0.3) is 0 Å². The van der Waals surface area contributed by atoms with Crippen molar-refractivity contribution < 1.29 is 22.7 Å². The highest BCUT2D eigenvalue weighted by molar-refractivity contribution is 7.96. The molecular formula is C12H13NO5S. The van der Waals surface area contributed by atoms with Crippen LogP contribution in [0.1, 0.15) is 5.56 Å². The molecule has 0 aromatic heterocycles. The summed E-state index contributed by atoms with van der Waals surface area (Å²) < 4.78 is 34.1. The molecule has 1 heterocycles. The van der Waals surface area contributed by atoms with Crippen LogP contribution in [-0.4, -0.2) is 34.6 Å². The highest BCUT2D eigenvalue weighted by Gasteiger charge is 2.36. The van der Waals surface area contributed by atoms with Crippen molar-refractivity contribution in [3.05, 3.63) is 28.7 Å². The fourth-order valence-electron chi connectivity index (χ4n) is 1.85. The minimum absolute atomic E-state index is 0.0844. The molecule has 1 atom stereocenters. The number of hydrogen-bond acceptors (Lipinski definition) is 6. The standard InChI is InChI=1S/C12H13NO5S/c1-17-8-4-3-7-5-10(11(13)12(14)18-2)19(15,16)9(7)6-8/h3-6,11H,13H2,1-2H3. The van der Waals surface area contributed by atoms with E-state index in [1.165, 1.54) is 19.3 Å². The Morgan fingerprint density at radius 3 is 2.58 bits per heavy atom. The summed E-state index contributed by atoms with van der Waals surface area (Å²) in [6, 6.07) is 3.31. The summed E-state index contributed by atoms with van der Waals surface area (Å²) in [5.74, 6) is -0.377. The number of carbonyl (C=O) groups is 1. The Bertz CT molecular complexity index is 663. The second kappa shape index (κ2) is 4.67. The van der Waals surface area contributed by atoms with Crippen molar-refractivity contribution in [1.82, 2.24) is 0 Å². The normalized spacial score (nSPS) is 17.3. The number of methoxy groups -OCH3 is 2. The van der Waals surface area contributed by atoms with Gasteiger partial charge in [-0.1, -0.05) is 0 Å². The van der Waals surface area contributed by atoms with E-state index in [1.54, 1.807) is 12.1 Å². The molecule has 2 rings (SSSR count). The molecule has 7 heteroatoms. The van der Waals surface area contributed by atoms with Gasteiger partial charge >= 0.3 is 5.97 Å². The van der Waals surface area contributed by atoms with Crippen LogP contribution in [0.2, 0.25) is 0 Å². The summed E-state index contributed by atoms with van der Waals surface area (Å²) in [5, 5.41) is 0. The number of nitrogens with two attached hydrogens (primary N) is 1. The zero-order valence-corrected chi connectivity index (χ0v) is 11.2. The zero-order valence-electron chi connectivity index (χ0n) is 10.4. The molecule has 0 saturated heterocycles. The second-order valence-corrected chi connectivity index (χ2v) is 5.87. The van der Waals surface area contributed by atoms with Crippen LogP contribution >= 0.6 is 0 Å². The third-order valence-electron chi connectivity index (χ3n) is 2.88. The Balaban J connectivity index is 2.51. The van der Waals surface area contributed by atoms with Gasteiger partial charge in [-0.15, -0.1) is 0 Å². The van der Waals surface area contributed by atoms with E-state index in [-0.39, 0.29) is 9.80 Å². The van der Waals surface area contributed by atoms with E-state index >= 15 is 0 Å². The molecule has 0 bridgehead atoms. The molecule has 0 radical (unpaired) electrons. The molecule has 0 saturated carbocycles. The lowest BCUT2D eigenvalue weighted by Crippen LogP contribution is -2.35. The predicted octanol–water partition coefficient (Wildman–Crippen LogP) is 0.324. The second-order valence-electron chi connectivity index (χ2n) is 3.95. The van der Waals surface area contributed by atoms with Crippen LogP contribution in [0.15, 0.2) is 28.0 Å². The lowest BCUT2D eigenvalue weighted by molar-refractivity contribution is -0.141. The zero-order chi connectivity index (χ0) is 14.2. The first-order chi connectivity index (χ1) is 8.91. The molecule has 0 spiro atoms. The molecule has 1 unspecified atom stereocenters. The molecule has 1 aliphatic rings. The third kappa shape index (κ3) is 2.11. The maximum atomic E-state index is 12.3. The molecule has 0 aliphatic carbocycles. The molecule has 0 fully saturated rings. The minimum atomic E-state index is -3.78. The summed E-state index contributed by atoms with van der Waals surface area (Å²) in [6.45, 7) is 0. The van der Waals surface area contributed by atoms with Gasteiger partial charge in [-0.3, -0.25) is 0 Å². The number of rotatable bonds is 3. The van der Waals surface area contributed by atoms with Gasteiger partial charge in [-0.25, -0.2) is 13.2 Å². The van der Waals surface area contributed by atoms with Crippen LogP contribution < -0.4 is 10.5 Å². The fraction of sp³-hybridized carbons (Fsp3) is 0.250. The molecule has 1 aromatic carbocycles. The number of ether oxygens (including phenoxy) is 2. The molecular weight excluding hydrogens is 270 g/mol. The first kappa shape index (κ1) is 13.6. The van der Waals surface area contributed by atoms with Crippen LogP contribution in [-0.2, 0) is 19.4 Å². The molecule has 6 nitrogen and oxygen atoms in total. The molecule has 1 aromatic rings. The molecule has 1 aliphatic heterocycles. The smallest absolute Gasteiger partial charge is 0.328 e. The third-order valence-corrected chi connectivity index (χ3v) is 4.80. The van der Waals surface area contributed by atoms with E-state index < -0.39 is 21.8 Å². The number of carbonyl (C=O) groups excluding carboxylic acids is 1. The minimum Gasteiger partial charge on any atom is -0.497 e. The molecule has 0 amide bonds. The molecule has 19 heavy (non-hydrogen) atoms. The topological polar surface area (TPSA) is 95.7 Å². The summed E-state index contributed by atoms with van der Waals surface area (Å²) in [5.41, 5.74) is 6.09. The van der Waals surface area contributed by atoms with Gasteiger partial charge < -0.3 is 15.2 Å². The highest BCUT2D eigenvalue weighted by Crippen LogP contribution is 2.36. The number of benzene rings is 1. The van der Waals surface area contributed by atoms with Crippen LogP contribution in [0.4, 0.5) is 0 Å². The van der Waals surface area contributed by atoms with Gasteiger partial charge in [-0.05, 0) is 29.8 Å². The van der Waals surface area contributed by atoms with E-state index in [4.69, 9.17) is 10.5 Å². The Morgan fingerprint density at radius 1 is 1.32 bits per heavy atom. The number of sulfone groups is 1. The molecule has 102 valence electrons. The van der Waals surface area contributed by atoms with Gasteiger partial charge in [-0.2, -0.15) is 0 Å². The monoisotopic (exact) mass is 283 g/mol. The van der Waals surface area contributed by atoms with Crippen LogP contribution in [0.3, 0.4) is 0 Å². The van der Waals surface area contributed by atoms with Crippen molar-refractivity contribution in [1.29, 1.82) is 0 Å². The number of hydrogen-bond donors (Lipinski definition) is 1. The van der Waals surface area contributed by atoms with Crippen molar-refractivity contribution in [2.24, 2.45) is 5.73 Å². The Kier molecular flexibility index (Phi) is 3.34. The summed E-state index contributed by atoms with van der Waals surface area (Å²) >= 11 is 0. The van der Waals surface area contributed by atoms with Gasteiger partial charge in [0, 0.05) is 0 Å².